The Kier molecular flexibility index (Phi) is 29.0. The molecule has 1 rings (SSSR count). The number of nitrogens with two attached hydrogens (primary N) is 2. The summed E-state index contributed by atoms with van der Waals surface area (Å²) in [5, 5.41) is 25.3. The molecule has 0 fully saturated rings. The highest BCUT2D eigenvalue weighted by molar-refractivity contribution is 5.87. The van der Waals surface area contributed by atoms with E-state index in [4.69, 9.17) is 40.3 Å². The summed E-state index contributed by atoms with van der Waals surface area (Å²) in [5.74, 6) is -2.95. The minimum atomic E-state index is -1.14. The molecule has 17 nitrogen and oxygen atoms in total. The van der Waals surface area contributed by atoms with Gasteiger partial charge in [0.1, 0.15) is 12.8 Å². The molecule has 0 saturated heterocycles. The number of ether oxygens (including phenoxy) is 5. The first-order chi connectivity index (χ1) is 24.0. The monoisotopic (exact) mass is 715 g/mol. The van der Waals surface area contributed by atoms with Gasteiger partial charge in [0.2, 0.25) is 17.7 Å². The Bertz CT molecular complexity index is 1060. The van der Waals surface area contributed by atoms with Gasteiger partial charge in [0, 0.05) is 39.0 Å². The number of hydrogen-bond acceptors (Lipinski definition) is 12. The molecule has 2 unspecified atom stereocenters. The molecule has 0 aromatic heterocycles. The molecule has 9 N–H and O–H groups in total. The van der Waals surface area contributed by atoms with Gasteiger partial charge < -0.3 is 61.3 Å². The standard InChI is InChI=1S/C26H42N4O8.C7H15NO4/c1-19(2)24(27)25(33)28-11-6-12-36-13-14-37-15-16-38-18-29-22(31)9-10-23(32)30-21(26(34)35)17-20-7-4-3-5-8-20;8-2-4-12-6-5-11-3-1-7(9)10/h3-5,7-8,19,21,24H,6,9-18,27H2,1-2H3,(H,28,33)(H,29,31)(H,30,32)(H,34,35);1-6,8H2,(H,9,10). The zero-order valence-corrected chi connectivity index (χ0v) is 29.3. The van der Waals surface area contributed by atoms with E-state index in [0.717, 1.165) is 5.56 Å². The summed E-state index contributed by atoms with van der Waals surface area (Å²) in [5.41, 5.74) is 11.7. The summed E-state index contributed by atoms with van der Waals surface area (Å²) in [6, 6.07) is 7.41. The largest absolute Gasteiger partial charge is 0.481 e. The topological polar surface area (TPSA) is 260 Å². The summed E-state index contributed by atoms with van der Waals surface area (Å²) < 4.78 is 26.0. The van der Waals surface area contributed by atoms with E-state index in [9.17, 15) is 29.1 Å². The van der Waals surface area contributed by atoms with Crippen LogP contribution in [0, 0.1) is 5.92 Å². The maximum atomic E-state index is 12.1. The van der Waals surface area contributed by atoms with Gasteiger partial charge >= 0.3 is 11.9 Å². The van der Waals surface area contributed by atoms with Gasteiger partial charge in [-0.1, -0.05) is 44.2 Å². The lowest BCUT2D eigenvalue weighted by molar-refractivity contribution is -0.142. The van der Waals surface area contributed by atoms with Crippen LogP contribution < -0.4 is 27.4 Å². The average molecular weight is 716 g/mol. The lowest BCUT2D eigenvalue weighted by Crippen LogP contribution is -2.44. The van der Waals surface area contributed by atoms with Gasteiger partial charge in [0.15, 0.2) is 0 Å². The third-order valence-corrected chi connectivity index (χ3v) is 6.49. The molecule has 0 spiro atoms. The molecule has 0 aliphatic heterocycles. The molecule has 3 amide bonds. The van der Waals surface area contributed by atoms with Crippen molar-refractivity contribution < 1.29 is 57.9 Å². The number of hydrogen-bond donors (Lipinski definition) is 7. The van der Waals surface area contributed by atoms with Gasteiger partial charge in [-0.3, -0.25) is 19.2 Å². The molecule has 50 heavy (non-hydrogen) atoms. The van der Waals surface area contributed by atoms with Crippen molar-refractivity contribution in [2.75, 3.05) is 79.3 Å². The van der Waals surface area contributed by atoms with Gasteiger partial charge in [-0.2, -0.15) is 0 Å². The Balaban J connectivity index is 0.00000169. The SMILES string of the molecule is CC(C)C(N)C(=O)NCCCOCCOCCOCNC(=O)CCC(=O)NC(Cc1ccccc1)C(=O)O.NCCOCCOCCC(=O)O. The van der Waals surface area contributed by atoms with Crippen molar-refractivity contribution in [3.8, 4) is 0 Å². The smallest absolute Gasteiger partial charge is 0.326 e. The Morgan fingerprint density at radius 1 is 0.720 bits per heavy atom. The van der Waals surface area contributed by atoms with Crippen LogP contribution in [-0.2, 0) is 54.1 Å². The Labute approximate surface area is 294 Å². The minimum absolute atomic E-state index is 0.0295. The molecule has 0 aliphatic rings. The molecular weight excluding hydrogens is 658 g/mol. The van der Waals surface area contributed by atoms with Crippen LogP contribution >= 0.6 is 0 Å². The van der Waals surface area contributed by atoms with E-state index >= 15 is 0 Å². The molecule has 0 radical (unpaired) electrons. The van der Waals surface area contributed by atoms with Crippen molar-refractivity contribution >= 4 is 29.7 Å². The molecule has 0 aliphatic carbocycles. The van der Waals surface area contributed by atoms with Crippen molar-refractivity contribution in [1.82, 2.24) is 16.0 Å². The first-order valence-corrected chi connectivity index (χ1v) is 16.6. The van der Waals surface area contributed by atoms with Crippen LogP contribution in [0.15, 0.2) is 30.3 Å². The summed E-state index contributed by atoms with van der Waals surface area (Å²) in [7, 11) is 0. The number of carbonyl (C=O) groups excluding carboxylic acids is 3. The third kappa shape index (κ3) is 28.2. The number of carboxylic acids is 2. The van der Waals surface area contributed by atoms with Crippen LogP contribution in [0.2, 0.25) is 0 Å². The Hall–Kier alpha value is -3.71. The van der Waals surface area contributed by atoms with Crippen molar-refractivity contribution in [3.05, 3.63) is 35.9 Å². The Morgan fingerprint density at radius 3 is 1.86 bits per heavy atom. The molecule has 0 bridgehead atoms. The highest BCUT2D eigenvalue weighted by Gasteiger charge is 2.20. The van der Waals surface area contributed by atoms with Crippen molar-refractivity contribution in [2.45, 2.75) is 58.0 Å². The van der Waals surface area contributed by atoms with E-state index in [1.807, 2.05) is 19.9 Å². The van der Waals surface area contributed by atoms with Crippen LogP contribution in [0.3, 0.4) is 0 Å². The first-order valence-electron chi connectivity index (χ1n) is 16.6. The number of carboxylic acid groups (broad SMARTS) is 2. The van der Waals surface area contributed by atoms with E-state index in [-0.39, 0.29) is 63.4 Å². The number of amides is 3. The number of rotatable bonds is 29. The fourth-order valence-electron chi connectivity index (χ4n) is 3.65. The second-order valence-electron chi connectivity index (χ2n) is 11.1. The summed E-state index contributed by atoms with van der Waals surface area (Å²) in [4.78, 5) is 57.1. The van der Waals surface area contributed by atoms with Gasteiger partial charge in [0.25, 0.3) is 0 Å². The summed E-state index contributed by atoms with van der Waals surface area (Å²) >= 11 is 0. The van der Waals surface area contributed by atoms with Crippen LogP contribution in [0.5, 0.6) is 0 Å². The quantitative estimate of drug-likeness (QED) is 0.0413. The normalized spacial score (nSPS) is 11.9. The first kappa shape index (κ1) is 46.3. The van der Waals surface area contributed by atoms with Crippen molar-refractivity contribution in [3.63, 3.8) is 0 Å². The molecule has 0 heterocycles. The fraction of sp³-hybridized carbons (Fsp3) is 0.667. The second kappa shape index (κ2) is 31.3. The molecule has 1 aromatic rings. The molecule has 286 valence electrons. The van der Waals surface area contributed by atoms with Crippen LogP contribution in [0.25, 0.3) is 0 Å². The van der Waals surface area contributed by atoms with Crippen LogP contribution in [0.4, 0.5) is 0 Å². The zero-order chi connectivity index (χ0) is 37.4. The van der Waals surface area contributed by atoms with Crippen molar-refractivity contribution in [1.29, 1.82) is 0 Å². The van der Waals surface area contributed by atoms with Crippen molar-refractivity contribution in [2.24, 2.45) is 17.4 Å². The Morgan fingerprint density at radius 2 is 1.28 bits per heavy atom. The maximum absolute atomic E-state index is 12.1. The second-order valence-corrected chi connectivity index (χ2v) is 11.1. The lowest BCUT2D eigenvalue weighted by atomic mass is 10.1. The average Bonchev–Trinajstić information content (AvgIpc) is 3.08. The van der Waals surface area contributed by atoms with Gasteiger partial charge in [-0.05, 0) is 17.9 Å². The number of nitrogens with one attached hydrogen (secondary N) is 3. The lowest BCUT2D eigenvalue weighted by Gasteiger charge is -2.15. The zero-order valence-electron chi connectivity index (χ0n) is 29.3. The number of benzene rings is 1. The predicted octanol–water partition coefficient (Wildman–Crippen LogP) is -0.355. The summed E-state index contributed by atoms with van der Waals surface area (Å²) in [6.07, 6.45) is 0.649. The van der Waals surface area contributed by atoms with E-state index in [1.165, 1.54) is 0 Å². The van der Waals surface area contributed by atoms with E-state index in [0.29, 0.717) is 65.8 Å². The van der Waals surface area contributed by atoms with Gasteiger partial charge in [-0.15, -0.1) is 0 Å². The predicted molar refractivity (Wildman–Crippen MR) is 183 cm³/mol. The third-order valence-electron chi connectivity index (χ3n) is 6.49. The van der Waals surface area contributed by atoms with Crippen LogP contribution in [-0.4, -0.2) is 131 Å². The molecule has 2 atom stereocenters. The minimum Gasteiger partial charge on any atom is -0.481 e. The highest BCUT2D eigenvalue weighted by Crippen LogP contribution is 2.04. The highest BCUT2D eigenvalue weighted by atomic mass is 16.5. The van der Waals surface area contributed by atoms with Crippen LogP contribution in [0.1, 0.15) is 45.1 Å². The molecular formula is C33H57N5O12. The fourth-order valence-corrected chi connectivity index (χ4v) is 3.65. The van der Waals surface area contributed by atoms with E-state index in [1.54, 1.807) is 24.3 Å². The van der Waals surface area contributed by atoms with Gasteiger partial charge in [-0.25, -0.2) is 4.79 Å². The van der Waals surface area contributed by atoms with E-state index in [2.05, 4.69) is 16.0 Å². The molecule has 0 saturated carbocycles. The molecule has 1 aromatic carbocycles. The maximum Gasteiger partial charge on any atom is 0.326 e. The molecule has 17 heteroatoms. The number of aliphatic carboxylic acids is 2. The van der Waals surface area contributed by atoms with Gasteiger partial charge in [0.05, 0.1) is 65.3 Å². The van der Waals surface area contributed by atoms with E-state index < -0.39 is 29.9 Å². The summed E-state index contributed by atoms with van der Waals surface area (Å²) in [6.45, 7) is 8.28. The number of carbonyl (C=O) groups is 5.